The molecule has 0 radical (unpaired) electrons. The van der Waals surface area contributed by atoms with Gasteiger partial charge >= 0.3 is 5.97 Å². The van der Waals surface area contributed by atoms with Crippen LogP contribution in [0.25, 0.3) is 0 Å². The highest BCUT2D eigenvalue weighted by Crippen LogP contribution is 2.42. The van der Waals surface area contributed by atoms with Crippen LogP contribution in [0.5, 0.6) is 5.75 Å². The van der Waals surface area contributed by atoms with E-state index in [0.29, 0.717) is 5.92 Å². The van der Waals surface area contributed by atoms with Crippen molar-refractivity contribution >= 4 is 11.8 Å². The third-order valence-corrected chi connectivity index (χ3v) is 3.16. The number of hydrogen-bond donors (Lipinski definition) is 1. The van der Waals surface area contributed by atoms with Crippen LogP contribution in [0.2, 0.25) is 0 Å². The number of aromatic hydroxyl groups is 1. The van der Waals surface area contributed by atoms with Crippen molar-refractivity contribution < 1.29 is 19.4 Å². The van der Waals surface area contributed by atoms with Gasteiger partial charge < -0.3 is 9.84 Å². The molecule has 0 spiro atoms. The summed E-state index contributed by atoms with van der Waals surface area (Å²) in [4.78, 5) is 23.9. The number of carbonyl (C=O) groups excluding carboxylic acids is 2. The molecular formula is C16H20O4. The Morgan fingerprint density at radius 1 is 1.25 bits per heavy atom. The number of hydrogen-bond acceptors (Lipinski definition) is 4. The molecule has 2 rings (SSSR count). The van der Waals surface area contributed by atoms with Crippen LogP contribution in [0.15, 0.2) is 12.1 Å². The Labute approximate surface area is 118 Å². The van der Waals surface area contributed by atoms with Crippen molar-refractivity contribution in [1.82, 2.24) is 0 Å². The van der Waals surface area contributed by atoms with Crippen molar-refractivity contribution in [3.05, 3.63) is 28.8 Å². The maximum Gasteiger partial charge on any atom is 0.339 e. The summed E-state index contributed by atoms with van der Waals surface area (Å²) in [5, 5.41) is 10.0. The quantitative estimate of drug-likeness (QED) is 0.678. The van der Waals surface area contributed by atoms with E-state index >= 15 is 0 Å². The first kappa shape index (κ1) is 14.6. The third kappa shape index (κ3) is 3.18. The lowest BCUT2D eigenvalue weighted by atomic mass is 9.97. The fraction of sp³-hybridized carbons (Fsp3) is 0.500. The molecule has 1 aromatic carbocycles. The van der Waals surface area contributed by atoms with Gasteiger partial charge in [0.15, 0.2) is 5.78 Å². The molecule has 1 N–H and O–H groups in total. The van der Waals surface area contributed by atoms with E-state index in [-0.39, 0.29) is 22.7 Å². The van der Waals surface area contributed by atoms with Gasteiger partial charge in [0.25, 0.3) is 0 Å². The molecule has 0 aliphatic heterocycles. The Bertz CT molecular complexity index is 563. The molecule has 1 fully saturated rings. The number of ether oxygens (including phenoxy) is 1. The predicted molar refractivity (Wildman–Crippen MR) is 75.3 cm³/mol. The van der Waals surface area contributed by atoms with Crippen LogP contribution in [0.4, 0.5) is 0 Å². The van der Waals surface area contributed by atoms with E-state index in [4.69, 9.17) is 4.74 Å². The van der Waals surface area contributed by atoms with Gasteiger partial charge in [-0.2, -0.15) is 0 Å². The molecule has 4 nitrogen and oxygen atoms in total. The highest BCUT2D eigenvalue weighted by Gasteiger charge is 2.29. The fourth-order valence-corrected chi connectivity index (χ4v) is 2.16. The Morgan fingerprint density at radius 2 is 1.85 bits per heavy atom. The summed E-state index contributed by atoms with van der Waals surface area (Å²) in [6.07, 6.45) is 2.10. The lowest BCUT2D eigenvalue weighted by molar-refractivity contribution is 0.00672. The van der Waals surface area contributed by atoms with Gasteiger partial charge in [-0.3, -0.25) is 4.79 Å². The molecule has 4 heteroatoms. The van der Waals surface area contributed by atoms with Crippen molar-refractivity contribution in [1.29, 1.82) is 0 Å². The molecule has 1 aliphatic rings. The first-order chi connectivity index (χ1) is 9.19. The third-order valence-electron chi connectivity index (χ3n) is 3.16. The lowest BCUT2D eigenvalue weighted by Gasteiger charge is -2.21. The van der Waals surface area contributed by atoms with E-state index in [2.05, 4.69) is 0 Å². The maximum absolute atomic E-state index is 12.2. The molecule has 0 saturated heterocycles. The van der Waals surface area contributed by atoms with E-state index in [9.17, 15) is 14.7 Å². The zero-order chi connectivity index (χ0) is 15.1. The topological polar surface area (TPSA) is 63.6 Å². The van der Waals surface area contributed by atoms with Gasteiger partial charge in [0.05, 0.1) is 11.1 Å². The molecule has 1 aliphatic carbocycles. The van der Waals surface area contributed by atoms with Gasteiger partial charge in [0, 0.05) is 0 Å². The molecule has 20 heavy (non-hydrogen) atoms. The van der Waals surface area contributed by atoms with E-state index < -0.39 is 11.6 Å². The minimum atomic E-state index is -0.643. The SMILES string of the molecule is CC(=O)c1c(O)cc(C2CC2)cc1C(=O)OC(C)(C)C. The first-order valence-electron chi connectivity index (χ1n) is 6.80. The van der Waals surface area contributed by atoms with Crippen LogP contribution in [0, 0.1) is 0 Å². The summed E-state index contributed by atoms with van der Waals surface area (Å²) in [5.74, 6) is -0.669. The van der Waals surface area contributed by atoms with Crippen molar-refractivity contribution in [2.45, 2.75) is 52.1 Å². The molecular weight excluding hydrogens is 256 g/mol. The summed E-state index contributed by atoms with van der Waals surface area (Å²) in [6, 6.07) is 3.27. The summed E-state index contributed by atoms with van der Waals surface area (Å²) in [5.41, 5.74) is 0.461. The number of carbonyl (C=O) groups is 2. The number of rotatable bonds is 3. The number of esters is 1. The number of Topliss-reactive ketones (excluding diaryl/α,β-unsaturated/α-hetero) is 1. The smallest absolute Gasteiger partial charge is 0.339 e. The minimum absolute atomic E-state index is 0.0450. The molecule has 0 atom stereocenters. The zero-order valence-electron chi connectivity index (χ0n) is 12.3. The number of benzene rings is 1. The predicted octanol–water partition coefficient (Wildman–Crippen LogP) is 3.43. The summed E-state index contributed by atoms with van der Waals surface area (Å²) < 4.78 is 5.32. The average molecular weight is 276 g/mol. The summed E-state index contributed by atoms with van der Waals surface area (Å²) in [7, 11) is 0. The Kier molecular flexibility index (Phi) is 3.59. The highest BCUT2D eigenvalue weighted by atomic mass is 16.6. The van der Waals surface area contributed by atoms with Crippen LogP contribution in [0.1, 0.15) is 72.7 Å². The molecule has 0 amide bonds. The molecule has 0 heterocycles. The lowest BCUT2D eigenvalue weighted by Crippen LogP contribution is -2.25. The van der Waals surface area contributed by atoms with Crippen molar-refractivity contribution in [3.63, 3.8) is 0 Å². The summed E-state index contributed by atoms with van der Waals surface area (Å²) in [6.45, 7) is 6.63. The van der Waals surface area contributed by atoms with E-state index in [1.165, 1.54) is 6.92 Å². The Hall–Kier alpha value is -1.84. The van der Waals surface area contributed by atoms with Crippen LogP contribution in [0.3, 0.4) is 0 Å². The second kappa shape index (κ2) is 4.93. The maximum atomic E-state index is 12.2. The molecule has 1 aromatic rings. The van der Waals surface area contributed by atoms with Crippen LogP contribution in [-0.4, -0.2) is 22.5 Å². The van der Waals surface area contributed by atoms with E-state index in [1.54, 1.807) is 32.9 Å². The number of phenolic OH excluding ortho intramolecular Hbond substituents is 1. The van der Waals surface area contributed by atoms with Crippen molar-refractivity contribution in [3.8, 4) is 5.75 Å². The van der Waals surface area contributed by atoms with E-state index in [1.807, 2.05) is 0 Å². The zero-order valence-corrected chi connectivity index (χ0v) is 12.3. The normalized spacial score (nSPS) is 15.0. The Morgan fingerprint density at radius 3 is 2.30 bits per heavy atom. The number of phenols is 1. The van der Waals surface area contributed by atoms with Gasteiger partial charge in [-0.1, -0.05) is 0 Å². The highest BCUT2D eigenvalue weighted by molar-refractivity contribution is 6.07. The van der Waals surface area contributed by atoms with Crippen LogP contribution >= 0.6 is 0 Å². The van der Waals surface area contributed by atoms with Crippen LogP contribution < -0.4 is 0 Å². The standard InChI is InChI=1S/C16H20O4/c1-9(17)14-12(15(19)20-16(2,3)4)7-11(8-13(14)18)10-5-6-10/h7-8,10,18H,5-6H2,1-4H3. The molecule has 1 saturated carbocycles. The van der Waals surface area contributed by atoms with Crippen molar-refractivity contribution in [2.75, 3.05) is 0 Å². The minimum Gasteiger partial charge on any atom is -0.507 e. The monoisotopic (exact) mass is 276 g/mol. The molecule has 0 bridgehead atoms. The van der Waals surface area contributed by atoms with E-state index in [0.717, 1.165) is 18.4 Å². The van der Waals surface area contributed by atoms with Crippen LogP contribution in [-0.2, 0) is 4.74 Å². The van der Waals surface area contributed by atoms with Gasteiger partial charge in [-0.05, 0) is 64.2 Å². The van der Waals surface area contributed by atoms with Gasteiger partial charge in [0.2, 0.25) is 0 Å². The van der Waals surface area contributed by atoms with Crippen molar-refractivity contribution in [2.24, 2.45) is 0 Å². The molecule has 0 aromatic heterocycles. The second-order valence-electron chi connectivity index (χ2n) is 6.29. The van der Waals surface area contributed by atoms with Gasteiger partial charge in [0.1, 0.15) is 11.4 Å². The summed E-state index contributed by atoms with van der Waals surface area (Å²) >= 11 is 0. The van der Waals surface area contributed by atoms with Gasteiger partial charge in [-0.25, -0.2) is 4.79 Å². The Balaban J connectivity index is 2.47. The average Bonchev–Trinajstić information content (AvgIpc) is 3.08. The molecule has 108 valence electrons. The largest absolute Gasteiger partial charge is 0.507 e. The second-order valence-corrected chi connectivity index (χ2v) is 6.29. The number of ketones is 1. The fourth-order valence-electron chi connectivity index (χ4n) is 2.16. The molecule has 0 unspecified atom stereocenters. The first-order valence-corrected chi connectivity index (χ1v) is 6.80. The van der Waals surface area contributed by atoms with Gasteiger partial charge in [-0.15, -0.1) is 0 Å².